The number of nitrogens with zero attached hydrogens (tertiary/aromatic N) is 3. The van der Waals surface area contributed by atoms with Crippen molar-refractivity contribution in [2.45, 2.75) is 20.1 Å². The average Bonchev–Trinajstić information content (AvgIpc) is 2.88. The molecule has 0 unspecified atom stereocenters. The van der Waals surface area contributed by atoms with E-state index in [-0.39, 0.29) is 5.91 Å². The molecule has 2 rings (SSSR count). The molecule has 6 heteroatoms. The van der Waals surface area contributed by atoms with Gasteiger partial charge in [-0.25, -0.2) is 4.98 Å². The minimum Gasteiger partial charge on any atom is -0.377 e. The monoisotopic (exact) mass is 298 g/mol. The summed E-state index contributed by atoms with van der Waals surface area (Å²) in [5.74, 6) is 0.683. The van der Waals surface area contributed by atoms with E-state index in [0.29, 0.717) is 30.8 Å². The maximum Gasteiger partial charge on any atom is 0.251 e. The summed E-state index contributed by atoms with van der Waals surface area (Å²) in [5, 5.41) is 11.6. The normalized spacial score (nSPS) is 10.2. The van der Waals surface area contributed by atoms with Crippen LogP contribution in [0.1, 0.15) is 27.4 Å². The number of nitriles is 1. The molecule has 1 amide bonds. The molecular formula is C16H18N4O2. The zero-order valence-corrected chi connectivity index (χ0v) is 12.7. The van der Waals surface area contributed by atoms with Gasteiger partial charge < -0.3 is 14.6 Å². The lowest BCUT2D eigenvalue weighted by Crippen LogP contribution is -2.28. The van der Waals surface area contributed by atoms with E-state index in [1.54, 1.807) is 37.6 Å². The highest BCUT2D eigenvalue weighted by Crippen LogP contribution is 2.06. The summed E-state index contributed by atoms with van der Waals surface area (Å²) in [6, 6.07) is 8.58. The first kappa shape index (κ1) is 15.7. The average molecular weight is 298 g/mol. The number of nitrogens with one attached hydrogen (secondary N) is 1. The van der Waals surface area contributed by atoms with Crippen LogP contribution in [0, 0.1) is 18.3 Å². The lowest BCUT2D eigenvalue weighted by molar-refractivity contribution is 0.0951. The summed E-state index contributed by atoms with van der Waals surface area (Å²) in [5.41, 5.74) is 2.10. The van der Waals surface area contributed by atoms with E-state index in [9.17, 15) is 4.79 Å². The van der Waals surface area contributed by atoms with E-state index >= 15 is 0 Å². The summed E-state index contributed by atoms with van der Waals surface area (Å²) >= 11 is 0. The molecule has 6 nitrogen and oxygen atoms in total. The smallest absolute Gasteiger partial charge is 0.251 e. The molecule has 0 saturated carbocycles. The van der Waals surface area contributed by atoms with Crippen LogP contribution in [-0.4, -0.2) is 29.1 Å². The van der Waals surface area contributed by atoms with Crippen molar-refractivity contribution in [1.82, 2.24) is 14.9 Å². The molecule has 1 aromatic heterocycles. The molecule has 0 aliphatic rings. The lowest BCUT2D eigenvalue weighted by Gasteiger charge is -2.11. The fraction of sp³-hybridized carbons (Fsp3) is 0.312. The van der Waals surface area contributed by atoms with Crippen LogP contribution in [0.4, 0.5) is 0 Å². The van der Waals surface area contributed by atoms with Gasteiger partial charge in [0.15, 0.2) is 0 Å². The van der Waals surface area contributed by atoms with Crippen molar-refractivity contribution in [2.75, 3.05) is 13.7 Å². The van der Waals surface area contributed by atoms with E-state index in [0.717, 1.165) is 11.5 Å². The fourth-order valence-electron chi connectivity index (χ4n) is 2.14. The molecule has 0 bridgehead atoms. The second-order valence-corrected chi connectivity index (χ2v) is 4.85. The standard InChI is InChI=1S/C16H18N4O2/c1-12-10-19-15(11-22-2)20(12)8-7-18-16(21)14-5-3-13(9-17)4-6-14/h3-6,10H,7-8,11H2,1-2H3,(H,18,21). The molecule has 1 heterocycles. The van der Waals surface area contributed by atoms with Crippen molar-refractivity contribution in [3.05, 3.63) is 53.1 Å². The van der Waals surface area contributed by atoms with Crippen molar-refractivity contribution in [2.24, 2.45) is 0 Å². The van der Waals surface area contributed by atoms with Crippen molar-refractivity contribution < 1.29 is 9.53 Å². The van der Waals surface area contributed by atoms with Gasteiger partial charge in [-0.3, -0.25) is 4.79 Å². The lowest BCUT2D eigenvalue weighted by atomic mass is 10.1. The Morgan fingerprint density at radius 1 is 1.41 bits per heavy atom. The van der Waals surface area contributed by atoms with Crippen LogP contribution in [0.3, 0.4) is 0 Å². The number of imidazole rings is 1. The molecule has 0 fully saturated rings. The van der Waals surface area contributed by atoms with Gasteiger partial charge in [-0.15, -0.1) is 0 Å². The van der Waals surface area contributed by atoms with E-state index in [1.165, 1.54) is 0 Å². The number of hydrogen-bond donors (Lipinski definition) is 1. The molecule has 0 aliphatic heterocycles. The number of ether oxygens (including phenoxy) is 1. The Bertz CT molecular complexity index is 683. The number of amides is 1. The molecule has 2 aromatic rings. The third kappa shape index (κ3) is 3.71. The summed E-state index contributed by atoms with van der Waals surface area (Å²) in [6.45, 7) is 3.53. The minimum atomic E-state index is -0.157. The van der Waals surface area contributed by atoms with Gasteiger partial charge in [-0.2, -0.15) is 5.26 Å². The summed E-state index contributed by atoms with van der Waals surface area (Å²) in [7, 11) is 1.63. The molecule has 0 spiro atoms. The number of rotatable bonds is 6. The van der Waals surface area contributed by atoms with Crippen molar-refractivity contribution >= 4 is 5.91 Å². The molecular weight excluding hydrogens is 280 g/mol. The molecule has 0 atom stereocenters. The molecule has 1 N–H and O–H groups in total. The van der Waals surface area contributed by atoms with Crippen molar-refractivity contribution in [3.63, 3.8) is 0 Å². The van der Waals surface area contributed by atoms with Gasteiger partial charge in [0.1, 0.15) is 12.4 Å². The van der Waals surface area contributed by atoms with E-state index in [4.69, 9.17) is 10.00 Å². The first-order valence-electron chi connectivity index (χ1n) is 6.94. The predicted molar refractivity (Wildman–Crippen MR) is 81.2 cm³/mol. The third-order valence-electron chi connectivity index (χ3n) is 3.31. The van der Waals surface area contributed by atoms with Gasteiger partial charge in [0.05, 0.1) is 11.6 Å². The highest BCUT2D eigenvalue weighted by Gasteiger charge is 2.08. The number of methoxy groups -OCH3 is 1. The zero-order chi connectivity index (χ0) is 15.9. The summed E-state index contributed by atoms with van der Waals surface area (Å²) in [4.78, 5) is 16.3. The summed E-state index contributed by atoms with van der Waals surface area (Å²) < 4.78 is 7.12. The second kappa shape index (κ2) is 7.38. The Kier molecular flexibility index (Phi) is 5.28. The number of aryl methyl sites for hydroxylation is 1. The number of aromatic nitrogens is 2. The predicted octanol–water partition coefficient (Wildman–Crippen LogP) is 1.64. The zero-order valence-electron chi connectivity index (χ0n) is 12.7. The Morgan fingerprint density at radius 2 is 2.14 bits per heavy atom. The van der Waals surface area contributed by atoms with Crippen molar-refractivity contribution in [1.29, 1.82) is 5.26 Å². The number of hydrogen-bond acceptors (Lipinski definition) is 4. The molecule has 0 saturated heterocycles. The molecule has 0 aliphatic carbocycles. The first-order chi connectivity index (χ1) is 10.7. The maximum atomic E-state index is 12.0. The SMILES string of the molecule is COCc1ncc(C)n1CCNC(=O)c1ccc(C#N)cc1. The number of carbonyl (C=O) groups is 1. The minimum absolute atomic E-state index is 0.157. The fourth-order valence-corrected chi connectivity index (χ4v) is 2.14. The Morgan fingerprint density at radius 3 is 2.77 bits per heavy atom. The van der Waals surface area contributed by atoms with Gasteiger partial charge in [0.25, 0.3) is 5.91 Å². The van der Waals surface area contributed by atoms with E-state index in [2.05, 4.69) is 10.3 Å². The Hall–Kier alpha value is -2.65. The quantitative estimate of drug-likeness (QED) is 0.879. The topological polar surface area (TPSA) is 79.9 Å². The van der Waals surface area contributed by atoms with Crippen LogP contribution in [0.5, 0.6) is 0 Å². The Balaban J connectivity index is 1.92. The largest absolute Gasteiger partial charge is 0.377 e. The third-order valence-corrected chi connectivity index (χ3v) is 3.31. The molecule has 114 valence electrons. The molecule has 22 heavy (non-hydrogen) atoms. The van der Waals surface area contributed by atoms with Crippen LogP contribution < -0.4 is 5.32 Å². The van der Waals surface area contributed by atoms with Gasteiger partial charge in [0, 0.05) is 37.7 Å². The van der Waals surface area contributed by atoms with Gasteiger partial charge in [-0.1, -0.05) is 0 Å². The number of benzene rings is 1. The van der Waals surface area contributed by atoms with Crippen LogP contribution in [0.25, 0.3) is 0 Å². The van der Waals surface area contributed by atoms with E-state index < -0.39 is 0 Å². The first-order valence-corrected chi connectivity index (χ1v) is 6.94. The highest BCUT2D eigenvalue weighted by molar-refractivity contribution is 5.94. The van der Waals surface area contributed by atoms with Crippen LogP contribution >= 0.6 is 0 Å². The van der Waals surface area contributed by atoms with E-state index in [1.807, 2.05) is 17.6 Å². The number of carbonyl (C=O) groups excluding carboxylic acids is 1. The molecule has 0 radical (unpaired) electrons. The van der Waals surface area contributed by atoms with Crippen LogP contribution in [-0.2, 0) is 17.9 Å². The van der Waals surface area contributed by atoms with Crippen molar-refractivity contribution in [3.8, 4) is 6.07 Å². The van der Waals surface area contributed by atoms with Gasteiger partial charge in [-0.05, 0) is 31.2 Å². The maximum absolute atomic E-state index is 12.0. The highest BCUT2D eigenvalue weighted by atomic mass is 16.5. The van der Waals surface area contributed by atoms with Gasteiger partial charge in [0.2, 0.25) is 0 Å². The Labute approximate surface area is 129 Å². The summed E-state index contributed by atoms with van der Waals surface area (Å²) in [6.07, 6.45) is 1.79. The second-order valence-electron chi connectivity index (χ2n) is 4.85. The van der Waals surface area contributed by atoms with Gasteiger partial charge >= 0.3 is 0 Å². The van der Waals surface area contributed by atoms with Crippen LogP contribution in [0.2, 0.25) is 0 Å². The molecule has 1 aromatic carbocycles. The van der Waals surface area contributed by atoms with Crippen LogP contribution in [0.15, 0.2) is 30.5 Å².